The monoisotopic (exact) mass is 240 g/mol. The van der Waals surface area contributed by atoms with Crippen LogP contribution in [0.4, 0.5) is 0 Å². The van der Waals surface area contributed by atoms with E-state index in [0.29, 0.717) is 19.0 Å². The molecule has 0 radical (unpaired) electrons. The van der Waals surface area contributed by atoms with Crippen molar-refractivity contribution in [1.29, 1.82) is 5.26 Å². The SMILES string of the molecule is CCCC1CC1S(=O)(=O)N1CC(=CC#N)C1. The molecule has 0 aromatic carbocycles. The van der Waals surface area contributed by atoms with Crippen LogP contribution in [0, 0.1) is 17.2 Å². The first-order chi connectivity index (χ1) is 7.59. The molecule has 4 nitrogen and oxygen atoms in total. The number of sulfonamides is 1. The Morgan fingerprint density at radius 1 is 1.56 bits per heavy atom. The summed E-state index contributed by atoms with van der Waals surface area (Å²) in [5.74, 6) is 0.374. The van der Waals surface area contributed by atoms with E-state index >= 15 is 0 Å². The lowest BCUT2D eigenvalue weighted by molar-refractivity contribution is 0.389. The maximum atomic E-state index is 12.0. The topological polar surface area (TPSA) is 61.2 Å². The van der Waals surface area contributed by atoms with Crippen molar-refractivity contribution >= 4 is 10.0 Å². The number of rotatable bonds is 4. The Labute approximate surface area is 96.6 Å². The van der Waals surface area contributed by atoms with E-state index in [1.165, 1.54) is 10.4 Å². The Balaban J connectivity index is 1.92. The van der Waals surface area contributed by atoms with Gasteiger partial charge < -0.3 is 0 Å². The highest BCUT2D eigenvalue weighted by atomic mass is 32.2. The molecule has 2 atom stereocenters. The summed E-state index contributed by atoms with van der Waals surface area (Å²) < 4.78 is 25.5. The average Bonchev–Trinajstić information content (AvgIpc) is 2.91. The molecule has 1 saturated heterocycles. The minimum absolute atomic E-state index is 0.143. The fraction of sp³-hybridized carbons (Fsp3) is 0.727. The van der Waals surface area contributed by atoms with E-state index in [0.717, 1.165) is 24.8 Å². The predicted octanol–water partition coefficient (Wildman–Crippen LogP) is 1.27. The van der Waals surface area contributed by atoms with Crippen molar-refractivity contribution in [3.8, 4) is 6.07 Å². The fourth-order valence-corrected chi connectivity index (χ4v) is 4.41. The summed E-state index contributed by atoms with van der Waals surface area (Å²) in [4.78, 5) is 0. The average molecular weight is 240 g/mol. The molecule has 2 rings (SSSR count). The first-order valence-electron chi connectivity index (χ1n) is 5.66. The summed E-state index contributed by atoms with van der Waals surface area (Å²) in [7, 11) is -3.07. The van der Waals surface area contributed by atoms with Crippen molar-refractivity contribution in [2.24, 2.45) is 5.92 Å². The molecule has 5 heteroatoms. The quantitative estimate of drug-likeness (QED) is 0.695. The first kappa shape index (κ1) is 11.6. The number of hydrogen-bond acceptors (Lipinski definition) is 3. The molecule has 2 unspecified atom stereocenters. The van der Waals surface area contributed by atoms with Crippen molar-refractivity contribution in [2.45, 2.75) is 31.4 Å². The molecule has 0 N–H and O–H groups in total. The van der Waals surface area contributed by atoms with Crippen molar-refractivity contribution < 1.29 is 8.42 Å². The van der Waals surface area contributed by atoms with Gasteiger partial charge in [-0.15, -0.1) is 0 Å². The molecule has 0 bridgehead atoms. The van der Waals surface area contributed by atoms with E-state index in [4.69, 9.17) is 5.26 Å². The Bertz CT molecular complexity index is 439. The van der Waals surface area contributed by atoms with Crippen LogP contribution >= 0.6 is 0 Å². The molecule has 16 heavy (non-hydrogen) atoms. The van der Waals surface area contributed by atoms with Gasteiger partial charge in [0.2, 0.25) is 10.0 Å². The van der Waals surface area contributed by atoms with Gasteiger partial charge in [0.25, 0.3) is 0 Å². The largest absolute Gasteiger partial charge is 0.217 e. The van der Waals surface area contributed by atoms with Crippen LogP contribution in [-0.4, -0.2) is 31.1 Å². The smallest absolute Gasteiger partial charge is 0.212 e. The molecule has 1 heterocycles. The lowest BCUT2D eigenvalue weighted by Gasteiger charge is -2.32. The summed E-state index contributed by atoms with van der Waals surface area (Å²) in [5, 5.41) is 8.29. The molecule has 0 amide bonds. The fourth-order valence-electron chi connectivity index (χ4n) is 2.22. The standard InChI is InChI=1S/C11H16N2O2S/c1-2-3-10-6-11(10)16(14,15)13-7-9(8-13)4-5-12/h4,10-11H,2-3,6-8H2,1H3. The molecule has 88 valence electrons. The van der Waals surface area contributed by atoms with Gasteiger partial charge in [0.1, 0.15) is 0 Å². The Kier molecular flexibility index (Phi) is 3.04. The van der Waals surface area contributed by atoms with Gasteiger partial charge in [-0.3, -0.25) is 0 Å². The van der Waals surface area contributed by atoms with Gasteiger partial charge in [-0.2, -0.15) is 9.57 Å². The van der Waals surface area contributed by atoms with E-state index in [2.05, 4.69) is 6.92 Å². The lowest BCUT2D eigenvalue weighted by Crippen LogP contribution is -2.46. The van der Waals surface area contributed by atoms with Crippen molar-refractivity contribution in [3.05, 3.63) is 11.6 Å². The minimum Gasteiger partial charge on any atom is -0.212 e. The second-order valence-corrected chi connectivity index (χ2v) is 6.72. The van der Waals surface area contributed by atoms with Gasteiger partial charge in [0.15, 0.2) is 0 Å². The van der Waals surface area contributed by atoms with Gasteiger partial charge in [0, 0.05) is 19.2 Å². The molecule has 2 aliphatic rings. The first-order valence-corrected chi connectivity index (χ1v) is 7.16. The molecule has 2 fully saturated rings. The maximum Gasteiger partial charge on any atom is 0.217 e. The molecule has 0 aromatic heterocycles. The van der Waals surface area contributed by atoms with E-state index in [1.807, 2.05) is 6.07 Å². The Morgan fingerprint density at radius 2 is 2.25 bits per heavy atom. The minimum atomic E-state index is -3.07. The molecule has 0 aromatic rings. The van der Waals surface area contributed by atoms with Crippen LogP contribution in [-0.2, 0) is 10.0 Å². The second kappa shape index (κ2) is 4.19. The Hall–Kier alpha value is -0.860. The van der Waals surface area contributed by atoms with Crippen LogP contribution in [0.5, 0.6) is 0 Å². The van der Waals surface area contributed by atoms with Gasteiger partial charge in [-0.1, -0.05) is 13.3 Å². The number of hydrogen-bond donors (Lipinski definition) is 0. The molecule has 1 saturated carbocycles. The van der Waals surface area contributed by atoms with Gasteiger partial charge in [0.05, 0.1) is 11.3 Å². The molecule has 0 spiro atoms. The van der Waals surface area contributed by atoms with Crippen LogP contribution in [0.25, 0.3) is 0 Å². The van der Waals surface area contributed by atoms with E-state index in [9.17, 15) is 8.42 Å². The van der Waals surface area contributed by atoms with Gasteiger partial charge >= 0.3 is 0 Å². The second-order valence-electron chi connectivity index (χ2n) is 4.57. The molecule has 1 aliphatic carbocycles. The number of nitrogens with zero attached hydrogens (tertiary/aromatic N) is 2. The Morgan fingerprint density at radius 3 is 2.81 bits per heavy atom. The highest BCUT2D eigenvalue weighted by molar-refractivity contribution is 7.90. The third-order valence-electron chi connectivity index (χ3n) is 3.29. The van der Waals surface area contributed by atoms with Crippen LogP contribution in [0.3, 0.4) is 0 Å². The molecular formula is C11H16N2O2S. The van der Waals surface area contributed by atoms with Crippen molar-refractivity contribution in [2.75, 3.05) is 13.1 Å². The van der Waals surface area contributed by atoms with Crippen LogP contribution in [0.15, 0.2) is 11.6 Å². The van der Waals surface area contributed by atoms with Gasteiger partial charge in [-0.25, -0.2) is 8.42 Å². The van der Waals surface area contributed by atoms with Crippen molar-refractivity contribution in [3.63, 3.8) is 0 Å². The summed E-state index contributed by atoms with van der Waals surface area (Å²) in [6.45, 7) is 2.93. The summed E-state index contributed by atoms with van der Waals surface area (Å²) in [6, 6.07) is 1.93. The zero-order valence-electron chi connectivity index (χ0n) is 9.39. The third-order valence-corrected chi connectivity index (χ3v) is 5.61. The highest BCUT2D eigenvalue weighted by Gasteiger charge is 2.50. The predicted molar refractivity (Wildman–Crippen MR) is 61.0 cm³/mol. The third kappa shape index (κ3) is 2.00. The summed E-state index contributed by atoms with van der Waals surface area (Å²) in [5.41, 5.74) is 0.916. The van der Waals surface area contributed by atoms with Crippen LogP contribution < -0.4 is 0 Å². The zero-order valence-corrected chi connectivity index (χ0v) is 10.2. The molecule has 1 aliphatic heterocycles. The normalized spacial score (nSPS) is 29.4. The van der Waals surface area contributed by atoms with Crippen molar-refractivity contribution in [1.82, 2.24) is 4.31 Å². The lowest BCUT2D eigenvalue weighted by atomic mass is 10.1. The highest BCUT2D eigenvalue weighted by Crippen LogP contribution is 2.43. The number of nitriles is 1. The number of allylic oxidation sites excluding steroid dienone is 1. The van der Waals surface area contributed by atoms with Crippen LogP contribution in [0.2, 0.25) is 0 Å². The zero-order chi connectivity index (χ0) is 11.8. The van der Waals surface area contributed by atoms with Gasteiger partial charge in [-0.05, 0) is 24.3 Å². The summed E-state index contributed by atoms with van der Waals surface area (Å²) in [6.07, 6.45) is 4.33. The maximum absolute atomic E-state index is 12.0. The van der Waals surface area contributed by atoms with Crippen LogP contribution in [0.1, 0.15) is 26.2 Å². The van der Waals surface area contributed by atoms with E-state index in [1.54, 1.807) is 0 Å². The summed E-state index contributed by atoms with van der Waals surface area (Å²) >= 11 is 0. The van der Waals surface area contributed by atoms with E-state index in [-0.39, 0.29) is 5.25 Å². The molecular weight excluding hydrogens is 224 g/mol. The van der Waals surface area contributed by atoms with E-state index < -0.39 is 10.0 Å².